The summed E-state index contributed by atoms with van der Waals surface area (Å²) in [5.41, 5.74) is -0.269. The van der Waals surface area contributed by atoms with E-state index in [1.54, 1.807) is 38.1 Å². The average Bonchev–Trinajstić information content (AvgIpc) is 2.66. The molecule has 0 saturated carbocycles. The number of amides is 2. The number of carboxylic acid groups (broad SMARTS) is 1. The van der Waals surface area contributed by atoms with Crippen LogP contribution < -0.4 is 15.4 Å². The van der Waals surface area contributed by atoms with Gasteiger partial charge in [-0.1, -0.05) is 18.2 Å². The van der Waals surface area contributed by atoms with Crippen LogP contribution in [-0.2, 0) is 9.59 Å². The summed E-state index contributed by atoms with van der Waals surface area (Å²) >= 11 is 0. The fourth-order valence-corrected chi connectivity index (χ4v) is 2.47. The Bertz CT molecular complexity index is 816. The van der Waals surface area contributed by atoms with Crippen molar-refractivity contribution in [2.75, 3.05) is 6.54 Å². The fourth-order valence-electron chi connectivity index (χ4n) is 2.47. The van der Waals surface area contributed by atoms with E-state index >= 15 is 0 Å². The van der Waals surface area contributed by atoms with E-state index in [0.29, 0.717) is 23.5 Å². The number of ether oxygens (including phenoxy) is 1. The van der Waals surface area contributed by atoms with Crippen molar-refractivity contribution in [2.24, 2.45) is 0 Å². The number of rotatable bonds is 9. The quantitative estimate of drug-likeness (QED) is 0.616. The molecule has 7 heteroatoms. The van der Waals surface area contributed by atoms with Crippen LogP contribution in [0.2, 0.25) is 0 Å². The molecule has 2 aromatic carbocycles. The van der Waals surface area contributed by atoms with E-state index in [1.165, 1.54) is 0 Å². The third-order valence-electron chi connectivity index (χ3n) is 3.95. The van der Waals surface area contributed by atoms with Crippen molar-refractivity contribution < 1.29 is 24.2 Å². The van der Waals surface area contributed by atoms with Crippen molar-refractivity contribution in [1.82, 2.24) is 10.6 Å². The van der Waals surface area contributed by atoms with E-state index < -0.39 is 11.5 Å². The maximum Gasteiger partial charge on any atom is 0.303 e. The van der Waals surface area contributed by atoms with Crippen LogP contribution in [0.25, 0.3) is 0 Å². The summed E-state index contributed by atoms with van der Waals surface area (Å²) in [6.45, 7) is 3.28. The summed E-state index contributed by atoms with van der Waals surface area (Å²) in [5.74, 6) is -0.393. The van der Waals surface area contributed by atoms with Gasteiger partial charge in [-0.3, -0.25) is 14.4 Å². The molecule has 7 nitrogen and oxygen atoms in total. The predicted octanol–water partition coefficient (Wildman–Crippen LogP) is 2.97. The van der Waals surface area contributed by atoms with Gasteiger partial charge in [0.2, 0.25) is 5.91 Å². The summed E-state index contributed by atoms with van der Waals surface area (Å²) in [6, 6.07) is 15.9. The minimum Gasteiger partial charge on any atom is -0.481 e. The Morgan fingerprint density at radius 2 is 1.57 bits per heavy atom. The molecule has 148 valence electrons. The zero-order chi connectivity index (χ0) is 20.6. The van der Waals surface area contributed by atoms with Crippen LogP contribution in [0.4, 0.5) is 0 Å². The number of para-hydroxylation sites is 1. The minimum absolute atomic E-state index is 0.0446. The topological polar surface area (TPSA) is 105 Å². The number of carbonyl (C=O) groups is 3. The molecule has 0 heterocycles. The number of carbonyl (C=O) groups excluding carboxylic acids is 2. The second-order valence-electron chi connectivity index (χ2n) is 6.95. The lowest BCUT2D eigenvalue weighted by Gasteiger charge is -2.25. The Kier molecular flexibility index (Phi) is 7.14. The summed E-state index contributed by atoms with van der Waals surface area (Å²) in [5, 5.41) is 14.0. The average molecular weight is 384 g/mol. The van der Waals surface area contributed by atoms with E-state index in [1.807, 2.05) is 30.3 Å². The van der Waals surface area contributed by atoms with E-state index in [4.69, 9.17) is 9.84 Å². The molecule has 0 saturated heterocycles. The summed E-state index contributed by atoms with van der Waals surface area (Å²) in [6.07, 6.45) is 0.252. The molecule has 0 radical (unpaired) electrons. The lowest BCUT2D eigenvalue weighted by atomic mass is 9.98. The molecule has 0 aliphatic rings. The normalized spacial score (nSPS) is 10.8. The molecule has 2 aromatic rings. The smallest absolute Gasteiger partial charge is 0.303 e. The van der Waals surface area contributed by atoms with Gasteiger partial charge in [0, 0.05) is 17.5 Å². The molecule has 0 fully saturated rings. The number of hydrogen-bond donors (Lipinski definition) is 3. The molecule has 0 aromatic heterocycles. The van der Waals surface area contributed by atoms with Crippen LogP contribution >= 0.6 is 0 Å². The first-order chi connectivity index (χ1) is 13.2. The maximum absolute atomic E-state index is 12.2. The Labute approximate surface area is 163 Å². The third kappa shape index (κ3) is 7.11. The molecule has 3 N–H and O–H groups in total. The molecule has 0 atom stereocenters. The van der Waals surface area contributed by atoms with E-state index in [9.17, 15) is 14.4 Å². The van der Waals surface area contributed by atoms with Gasteiger partial charge >= 0.3 is 5.97 Å². The van der Waals surface area contributed by atoms with Gasteiger partial charge < -0.3 is 20.5 Å². The summed E-state index contributed by atoms with van der Waals surface area (Å²) in [4.78, 5) is 34.8. The van der Waals surface area contributed by atoms with E-state index in [-0.39, 0.29) is 24.8 Å². The zero-order valence-corrected chi connectivity index (χ0v) is 15.9. The second kappa shape index (κ2) is 9.55. The number of carboxylic acids is 1. The second-order valence-corrected chi connectivity index (χ2v) is 6.95. The monoisotopic (exact) mass is 384 g/mol. The van der Waals surface area contributed by atoms with Gasteiger partial charge in [-0.15, -0.1) is 0 Å². The van der Waals surface area contributed by atoms with E-state index in [0.717, 1.165) is 0 Å². The highest BCUT2D eigenvalue weighted by molar-refractivity contribution is 5.96. The molecule has 28 heavy (non-hydrogen) atoms. The van der Waals surface area contributed by atoms with Crippen LogP contribution in [0, 0.1) is 0 Å². The highest BCUT2D eigenvalue weighted by Gasteiger charge is 2.21. The number of aliphatic carboxylic acids is 1. The molecule has 2 rings (SSSR count). The van der Waals surface area contributed by atoms with Crippen LogP contribution in [0.3, 0.4) is 0 Å². The first-order valence-corrected chi connectivity index (χ1v) is 8.89. The molecule has 0 unspecified atom stereocenters. The molecule has 2 amide bonds. The van der Waals surface area contributed by atoms with Gasteiger partial charge in [0.25, 0.3) is 5.91 Å². The highest BCUT2D eigenvalue weighted by atomic mass is 16.5. The van der Waals surface area contributed by atoms with Crippen molar-refractivity contribution in [1.29, 1.82) is 0 Å². The van der Waals surface area contributed by atoms with Crippen molar-refractivity contribution in [3.8, 4) is 11.5 Å². The summed E-state index contributed by atoms with van der Waals surface area (Å²) in [7, 11) is 0. The number of benzene rings is 2. The van der Waals surface area contributed by atoms with Crippen LogP contribution in [-0.4, -0.2) is 35.0 Å². The molecular weight excluding hydrogens is 360 g/mol. The predicted molar refractivity (Wildman–Crippen MR) is 104 cm³/mol. The van der Waals surface area contributed by atoms with Crippen molar-refractivity contribution >= 4 is 17.8 Å². The van der Waals surface area contributed by atoms with Gasteiger partial charge in [0.05, 0.1) is 6.54 Å². The molecular formula is C21H24N2O5. The van der Waals surface area contributed by atoms with Crippen molar-refractivity contribution in [3.05, 3.63) is 60.2 Å². The third-order valence-corrected chi connectivity index (χ3v) is 3.95. The minimum atomic E-state index is -0.921. The first-order valence-electron chi connectivity index (χ1n) is 8.89. The van der Waals surface area contributed by atoms with Crippen LogP contribution in [0.5, 0.6) is 11.5 Å². The van der Waals surface area contributed by atoms with Gasteiger partial charge in [-0.25, -0.2) is 0 Å². The molecule has 0 bridgehead atoms. The molecule has 0 spiro atoms. The highest BCUT2D eigenvalue weighted by Crippen LogP contribution is 2.21. The van der Waals surface area contributed by atoms with Crippen molar-refractivity contribution in [3.63, 3.8) is 0 Å². The van der Waals surface area contributed by atoms with Gasteiger partial charge in [0.15, 0.2) is 0 Å². The Morgan fingerprint density at radius 3 is 2.18 bits per heavy atom. The SMILES string of the molecule is CC(C)(CCC(=O)O)NC(=O)CNC(=O)c1ccc(Oc2ccccc2)cc1. The first kappa shape index (κ1) is 21.0. The van der Waals surface area contributed by atoms with Crippen molar-refractivity contribution in [2.45, 2.75) is 32.2 Å². The molecule has 0 aliphatic carbocycles. The Morgan fingerprint density at radius 1 is 0.964 bits per heavy atom. The van der Waals surface area contributed by atoms with Gasteiger partial charge in [-0.05, 0) is 56.7 Å². The van der Waals surface area contributed by atoms with Crippen LogP contribution in [0.15, 0.2) is 54.6 Å². The zero-order valence-electron chi connectivity index (χ0n) is 15.9. The molecule has 0 aliphatic heterocycles. The van der Waals surface area contributed by atoms with E-state index in [2.05, 4.69) is 10.6 Å². The summed E-state index contributed by atoms with van der Waals surface area (Å²) < 4.78 is 5.67. The van der Waals surface area contributed by atoms with Gasteiger partial charge in [-0.2, -0.15) is 0 Å². The van der Waals surface area contributed by atoms with Gasteiger partial charge in [0.1, 0.15) is 11.5 Å². The maximum atomic E-state index is 12.2. The fraction of sp³-hybridized carbons (Fsp3) is 0.286. The Balaban J connectivity index is 1.82. The Hall–Kier alpha value is -3.35. The lowest BCUT2D eigenvalue weighted by Crippen LogP contribution is -2.47. The lowest BCUT2D eigenvalue weighted by molar-refractivity contribution is -0.137. The van der Waals surface area contributed by atoms with Crippen LogP contribution in [0.1, 0.15) is 37.0 Å². The number of hydrogen-bond acceptors (Lipinski definition) is 4. The standard InChI is InChI=1S/C21H24N2O5/c1-21(2,13-12-19(25)26)23-18(24)14-22-20(27)15-8-10-17(11-9-15)28-16-6-4-3-5-7-16/h3-11H,12-14H2,1-2H3,(H,22,27)(H,23,24)(H,25,26). The largest absolute Gasteiger partial charge is 0.481 e. The number of nitrogens with one attached hydrogen (secondary N) is 2.